The number of carbonyl (C=O) groups is 1. The number of aromatic nitrogens is 3. The minimum atomic E-state index is -0.203. The van der Waals surface area contributed by atoms with E-state index in [1.165, 1.54) is 11.3 Å². The van der Waals surface area contributed by atoms with Crippen molar-refractivity contribution in [2.24, 2.45) is 0 Å². The van der Waals surface area contributed by atoms with Crippen LogP contribution in [0.4, 0.5) is 0 Å². The summed E-state index contributed by atoms with van der Waals surface area (Å²) in [6, 6.07) is 9.68. The second-order valence-electron chi connectivity index (χ2n) is 7.10. The standard InChI is InChI=1S/C21H22N4O2S/c1-13-16(11-15-7-4-3-5-8-15)20(26)24-19(23-13)17-9-6-10-25(17)21(27)18-14(2)22-12-28-18/h3-5,7-8,12,17H,6,9-11H2,1-2H3,(H,23,24,26). The summed E-state index contributed by atoms with van der Waals surface area (Å²) in [7, 11) is 0. The molecule has 1 aromatic carbocycles. The molecular weight excluding hydrogens is 372 g/mol. The van der Waals surface area contributed by atoms with Crippen molar-refractivity contribution in [1.82, 2.24) is 19.9 Å². The van der Waals surface area contributed by atoms with E-state index < -0.39 is 0 Å². The number of H-pyrrole nitrogens is 1. The number of carbonyl (C=O) groups excluding carboxylic acids is 1. The van der Waals surface area contributed by atoms with E-state index in [4.69, 9.17) is 0 Å². The molecule has 1 amide bonds. The van der Waals surface area contributed by atoms with Gasteiger partial charge in [0.25, 0.3) is 11.5 Å². The Balaban J connectivity index is 1.63. The molecule has 1 aliphatic rings. The summed E-state index contributed by atoms with van der Waals surface area (Å²) in [6.45, 7) is 4.37. The molecule has 1 aliphatic heterocycles. The highest BCUT2D eigenvalue weighted by molar-refractivity contribution is 7.11. The lowest BCUT2D eigenvalue weighted by Gasteiger charge is -2.24. The van der Waals surface area contributed by atoms with Crippen LogP contribution in [-0.4, -0.2) is 32.3 Å². The molecule has 0 aliphatic carbocycles. The Labute approximate surface area is 167 Å². The number of aromatic amines is 1. The molecule has 1 unspecified atom stereocenters. The van der Waals surface area contributed by atoms with Crippen LogP contribution in [0.3, 0.4) is 0 Å². The minimum Gasteiger partial charge on any atom is -0.328 e. The normalized spacial score (nSPS) is 16.5. The molecule has 2 aromatic heterocycles. The number of hydrogen-bond acceptors (Lipinski definition) is 5. The van der Waals surface area contributed by atoms with E-state index in [0.717, 1.165) is 29.8 Å². The SMILES string of the molecule is Cc1ncsc1C(=O)N1CCCC1c1nc(C)c(Cc2ccccc2)c(=O)[nH]1. The lowest BCUT2D eigenvalue weighted by Crippen LogP contribution is -2.33. The van der Waals surface area contributed by atoms with Crippen molar-refractivity contribution in [2.75, 3.05) is 6.54 Å². The number of aryl methyl sites for hydroxylation is 2. The molecule has 1 N–H and O–H groups in total. The fourth-order valence-electron chi connectivity index (χ4n) is 3.73. The molecule has 28 heavy (non-hydrogen) atoms. The van der Waals surface area contributed by atoms with E-state index in [9.17, 15) is 9.59 Å². The second-order valence-corrected chi connectivity index (χ2v) is 7.96. The largest absolute Gasteiger partial charge is 0.328 e. The van der Waals surface area contributed by atoms with Crippen molar-refractivity contribution in [2.45, 2.75) is 39.2 Å². The third-order valence-corrected chi connectivity index (χ3v) is 6.15. The number of rotatable bonds is 4. The van der Waals surface area contributed by atoms with Crippen LogP contribution >= 0.6 is 11.3 Å². The van der Waals surface area contributed by atoms with E-state index in [1.54, 1.807) is 5.51 Å². The molecule has 0 bridgehead atoms. The molecule has 1 atom stereocenters. The summed E-state index contributed by atoms with van der Waals surface area (Å²) >= 11 is 1.36. The first-order valence-electron chi connectivity index (χ1n) is 9.39. The van der Waals surface area contributed by atoms with Crippen LogP contribution < -0.4 is 5.56 Å². The van der Waals surface area contributed by atoms with E-state index in [0.29, 0.717) is 29.2 Å². The summed E-state index contributed by atoms with van der Waals surface area (Å²) in [4.78, 5) is 40.0. The number of hydrogen-bond donors (Lipinski definition) is 1. The molecule has 3 heterocycles. The van der Waals surface area contributed by atoms with E-state index in [1.807, 2.05) is 49.1 Å². The summed E-state index contributed by atoms with van der Waals surface area (Å²) in [5, 5.41) is 0. The van der Waals surface area contributed by atoms with Crippen molar-refractivity contribution in [3.8, 4) is 0 Å². The predicted octanol–water partition coefficient (Wildman–Crippen LogP) is 3.41. The Hall–Kier alpha value is -2.80. The third-order valence-electron chi connectivity index (χ3n) is 5.23. The molecule has 4 rings (SSSR count). The van der Waals surface area contributed by atoms with Gasteiger partial charge in [0, 0.05) is 24.2 Å². The lowest BCUT2D eigenvalue weighted by molar-refractivity contribution is 0.0733. The van der Waals surface area contributed by atoms with Gasteiger partial charge < -0.3 is 9.88 Å². The summed E-state index contributed by atoms with van der Waals surface area (Å²) in [5.74, 6) is 0.545. The van der Waals surface area contributed by atoms with Gasteiger partial charge in [-0.15, -0.1) is 11.3 Å². The van der Waals surface area contributed by atoms with Crippen molar-refractivity contribution >= 4 is 17.2 Å². The molecule has 7 heteroatoms. The Morgan fingerprint density at radius 3 is 2.71 bits per heavy atom. The first-order valence-corrected chi connectivity index (χ1v) is 10.3. The van der Waals surface area contributed by atoms with Gasteiger partial charge in [-0.3, -0.25) is 9.59 Å². The highest BCUT2D eigenvalue weighted by Gasteiger charge is 2.34. The summed E-state index contributed by atoms with van der Waals surface area (Å²) in [5.41, 5.74) is 4.77. The first-order chi connectivity index (χ1) is 13.5. The smallest absolute Gasteiger partial charge is 0.266 e. The number of likely N-dealkylation sites (tertiary alicyclic amines) is 1. The van der Waals surface area contributed by atoms with E-state index in [-0.39, 0.29) is 17.5 Å². The summed E-state index contributed by atoms with van der Waals surface area (Å²) in [6.07, 6.45) is 2.23. The van der Waals surface area contributed by atoms with Crippen molar-refractivity contribution in [3.05, 3.63) is 79.4 Å². The lowest BCUT2D eigenvalue weighted by atomic mass is 10.0. The number of thiazole rings is 1. The van der Waals surface area contributed by atoms with Gasteiger partial charge in [0.15, 0.2) is 0 Å². The maximum absolute atomic E-state index is 13.0. The zero-order chi connectivity index (χ0) is 19.7. The molecule has 0 saturated carbocycles. The van der Waals surface area contributed by atoms with Gasteiger partial charge in [-0.2, -0.15) is 0 Å². The topological polar surface area (TPSA) is 79.0 Å². The maximum atomic E-state index is 13.0. The zero-order valence-corrected chi connectivity index (χ0v) is 16.8. The molecule has 6 nitrogen and oxygen atoms in total. The average Bonchev–Trinajstić information content (AvgIpc) is 3.34. The number of benzene rings is 1. The molecule has 0 spiro atoms. The number of nitrogens with one attached hydrogen (secondary N) is 1. The fourth-order valence-corrected chi connectivity index (χ4v) is 4.49. The van der Waals surface area contributed by atoms with Gasteiger partial charge in [0.05, 0.1) is 17.2 Å². The van der Waals surface area contributed by atoms with Crippen LogP contribution in [0.5, 0.6) is 0 Å². The van der Waals surface area contributed by atoms with Crippen LogP contribution in [0.15, 0.2) is 40.6 Å². The maximum Gasteiger partial charge on any atom is 0.266 e. The molecule has 3 aromatic rings. The van der Waals surface area contributed by atoms with Gasteiger partial charge in [-0.05, 0) is 32.3 Å². The van der Waals surface area contributed by atoms with Crippen molar-refractivity contribution in [1.29, 1.82) is 0 Å². The Morgan fingerprint density at radius 1 is 1.25 bits per heavy atom. The molecule has 1 saturated heterocycles. The van der Waals surface area contributed by atoms with Crippen LogP contribution in [0.2, 0.25) is 0 Å². The highest BCUT2D eigenvalue weighted by atomic mass is 32.1. The van der Waals surface area contributed by atoms with Crippen molar-refractivity contribution in [3.63, 3.8) is 0 Å². The van der Waals surface area contributed by atoms with Gasteiger partial charge >= 0.3 is 0 Å². The minimum absolute atomic E-state index is 0.0313. The van der Waals surface area contributed by atoms with E-state index in [2.05, 4.69) is 15.0 Å². The van der Waals surface area contributed by atoms with Gasteiger partial charge in [-0.25, -0.2) is 9.97 Å². The van der Waals surface area contributed by atoms with Crippen LogP contribution in [-0.2, 0) is 6.42 Å². The van der Waals surface area contributed by atoms with E-state index >= 15 is 0 Å². The van der Waals surface area contributed by atoms with Gasteiger partial charge in [0.1, 0.15) is 10.7 Å². The van der Waals surface area contributed by atoms with Crippen LogP contribution in [0, 0.1) is 13.8 Å². The molecular formula is C21H22N4O2S. The first kappa shape index (κ1) is 18.6. The Bertz CT molecular complexity index is 1060. The monoisotopic (exact) mass is 394 g/mol. The van der Waals surface area contributed by atoms with Gasteiger partial charge in [-0.1, -0.05) is 30.3 Å². The van der Waals surface area contributed by atoms with Crippen LogP contribution in [0.1, 0.15) is 56.9 Å². The highest BCUT2D eigenvalue weighted by Crippen LogP contribution is 2.32. The van der Waals surface area contributed by atoms with Crippen LogP contribution in [0.25, 0.3) is 0 Å². The second kappa shape index (κ2) is 7.67. The Kier molecular flexibility index (Phi) is 5.09. The molecule has 0 radical (unpaired) electrons. The van der Waals surface area contributed by atoms with Gasteiger partial charge in [0.2, 0.25) is 0 Å². The Morgan fingerprint density at radius 2 is 2.04 bits per heavy atom. The van der Waals surface area contributed by atoms with Crippen molar-refractivity contribution < 1.29 is 4.79 Å². The third kappa shape index (κ3) is 3.49. The summed E-state index contributed by atoms with van der Waals surface area (Å²) < 4.78 is 0. The molecule has 144 valence electrons. The molecule has 1 fully saturated rings. The predicted molar refractivity (Wildman–Crippen MR) is 109 cm³/mol. The average molecular weight is 395 g/mol. The number of nitrogens with zero attached hydrogens (tertiary/aromatic N) is 3. The number of amides is 1. The zero-order valence-electron chi connectivity index (χ0n) is 15.9. The fraction of sp³-hybridized carbons (Fsp3) is 0.333. The quantitative estimate of drug-likeness (QED) is 0.735.